The zero-order chi connectivity index (χ0) is 21.6. The number of halogens is 4. The quantitative estimate of drug-likeness (QED) is 0.645. The van der Waals surface area contributed by atoms with E-state index in [9.17, 15) is 22.4 Å². The van der Waals surface area contributed by atoms with Crippen LogP contribution in [-0.2, 0) is 12.9 Å². The number of aromatic nitrogens is 3. The van der Waals surface area contributed by atoms with Gasteiger partial charge >= 0.3 is 6.18 Å². The lowest BCUT2D eigenvalue weighted by Gasteiger charge is -2.32. The van der Waals surface area contributed by atoms with E-state index >= 15 is 0 Å². The molecule has 4 rings (SSSR count). The van der Waals surface area contributed by atoms with Crippen LogP contribution >= 0.6 is 0 Å². The number of rotatable bonds is 3. The maximum absolute atomic E-state index is 13.5. The summed E-state index contributed by atoms with van der Waals surface area (Å²) in [6.45, 7) is 1.26. The molecule has 0 saturated heterocycles. The summed E-state index contributed by atoms with van der Waals surface area (Å²) in [4.78, 5) is 18.7. The van der Waals surface area contributed by atoms with Crippen molar-refractivity contribution in [3.05, 3.63) is 59.5 Å². The fourth-order valence-corrected chi connectivity index (χ4v) is 3.58. The van der Waals surface area contributed by atoms with Crippen molar-refractivity contribution in [1.29, 1.82) is 0 Å². The summed E-state index contributed by atoms with van der Waals surface area (Å²) in [5, 5.41) is 4.28. The number of pyridine rings is 1. The molecule has 2 N–H and O–H groups in total. The SMILES string of the molecule is C[C@H]1CN(c2ccc(C(F)(F)F)cc2)C(=O)c2c(-c3cnc(N)cc3CF)cnn21. The number of hydrogen-bond acceptors (Lipinski definition) is 4. The van der Waals surface area contributed by atoms with E-state index in [0.717, 1.165) is 12.1 Å². The molecule has 1 aromatic carbocycles. The van der Waals surface area contributed by atoms with Crippen molar-refractivity contribution < 1.29 is 22.4 Å². The molecule has 0 fully saturated rings. The lowest BCUT2D eigenvalue weighted by molar-refractivity contribution is -0.137. The lowest BCUT2D eigenvalue weighted by atomic mass is 10.0. The van der Waals surface area contributed by atoms with Gasteiger partial charge in [-0.1, -0.05) is 0 Å². The summed E-state index contributed by atoms with van der Waals surface area (Å²) < 4.78 is 53.7. The number of carbonyl (C=O) groups excluding carboxylic acids is 1. The second-order valence-corrected chi connectivity index (χ2v) is 7.06. The Morgan fingerprint density at radius 1 is 1.17 bits per heavy atom. The molecule has 1 aliphatic heterocycles. The fraction of sp³-hybridized carbons (Fsp3) is 0.250. The number of carbonyl (C=O) groups is 1. The number of benzene rings is 1. The summed E-state index contributed by atoms with van der Waals surface area (Å²) in [6, 6.07) is 5.54. The van der Waals surface area contributed by atoms with E-state index in [0.29, 0.717) is 16.8 Å². The summed E-state index contributed by atoms with van der Waals surface area (Å²) in [7, 11) is 0. The van der Waals surface area contributed by atoms with Gasteiger partial charge in [0.2, 0.25) is 0 Å². The van der Waals surface area contributed by atoms with E-state index in [1.165, 1.54) is 40.2 Å². The summed E-state index contributed by atoms with van der Waals surface area (Å²) >= 11 is 0. The first-order valence-electron chi connectivity index (χ1n) is 9.08. The Morgan fingerprint density at radius 3 is 2.50 bits per heavy atom. The number of nitrogens with two attached hydrogens (primary N) is 1. The summed E-state index contributed by atoms with van der Waals surface area (Å²) in [5.41, 5.74) is 6.44. The van der Waals surface area contributed by atoms with E-state index in [1.54, 1.807) is 0 Å². The van der Waals surface area contributed by atoms with Crippen LogP contribution in [0.25, 0.3) is 11.1 Å². The van der Waals surface area contributed by atoms with Crippen LogP contribution in [-0.4, -0.2) is 27.2 Å². The lowest BCUT2D eigenvalue weighted by Crippen LogP contribution is -2.42. The van der Waals surface area contributed by atoms with Gasteiger partial charge in [-0.3, -0.25) is 9.48 Å². The maximum Gasteiger partial charge on any atom is 0.416 e. The van der Waals surface area contributed by atoms with Crippen molar-refractivity contribution >= 4 is 17.4 Å². The summed E-state index contributed by atoms with van der Waals surface area (Å²) in [6.07, 6.45) is -1.61. The van der Waals surface area contributed by atoms with E-state index < -0.39 is 24.3 Å². The van der Waals surface area contributed by atoms with E-state index in [-0.39, 0.29) is 29.7 Å². The monoisotopic (exact) mass is 419 g/mol. The molecular weight excluding hydrogens is 402 g/mol. The Morgan fingerprint density at radius 2 is 1.87 bits per heavy atom. The number of fused-ring (bicyclic) bond motifs is 1. The van der Waals surface area contributed by atoms with Crippen molar-refractivity contribution in [2.75, 3.05) is 17.2 Å². The van der Waals surface area contributed by atoms with Crippen LogP contribution in [0.3, 0.4) is 0 Å². The Bertz CT molecular complexity index is 1110. The normalized spacial score (nSPS) is 16.6. The van der Waals surface area contributed by atoms with E-state index in [1.807, 2.05) is 6.92 Å². The third kappa shape index (κ3) is 3.27. The van der Waals surface area contributed by atoms with Gasteiger partial charge in [0.15, 0.2) is 0 Å². The van der Waals surface area contributed by atoms with Gasteiger partial charge in [-0.05, 0) is 42.8 Å². The number of anilines is 2. The second-order valence-electron chi connectivity index (χ2n) is 7.06. The Hall–Kier alpha value is -3.43. The molecule has 3 heterocycles. The molecule has 6 nitrogen and oxygen atoms in total. The highest BCUT2D eigenvalue weighted by molar-refractivity contribution is 6.10. The van der Waals surface area contributed by atoms with Crippen molar-refractivity contribution in [2.24, 2.45) is 0 Å². The molecule has 1 amide bonds. The molecule has 0 saturated carbocycles. The first kappa shape index (κ1) is 19.9. The van der Waals surface area contributed by atoms with Gasteiger partial charge in [-0.2, -0.15) is 18.3 Å². The van der Waals surface area contributed by atoms with Crippen LogP contribution in [0.5, 0.6) is 0 Å². The molecule has 0 unspecified atom stereocenters. The minimum absolute atomic E-state index is 0.151. The zero-order valence-electron chi connectivity index (χ0n) is 15.8. The van der Waals surface area contributed by atoms with Crippen molar-refractivity contribution in [3.63, 3.8) is 0 Å². The third-order valence-electron chi connectivity index (χ3n) is 5.06. The second kappa shape index (κ2) is 7.12. The molecule has 2 aromatic heterocycles. The minimum atomic E-state index is -4.46. The highest BCUT2D eigenvalue weighted by Gasteiger charge is 2.35. The Balaban J connectivity index is 1.77. The van der Waals surface area contributed by atoms with Crippen LogP contribution in [0.1, 0.15) is 34.6 Å². The standard InChI is InChI=1S/C20H17F4N5O/c1-11-10-28(14-4-2-13(3-5-14)20(22,23)24)19(30)18-16(9-27-29(11)18)15-8-26-17(25)6-12(15)7-21/h2-6,8-9,11H,7,10H2,1H3,(H2,25,26)/t11-/m0/s1. The zero-order valence-corrected chi connectivity index (χ0v) is 15.8. The molecular formula is C20H17F4N5O. The fourth-order valence-electron chi connectivity index (χ4n) is 3.58. The van der Waals surface area contributed by atoms with Gasteiger partial charge in [-0.25, -0.2) is 9.37 Å². The predicted octanol–water partition coefficient (Wildman–Crippen LogP) is 4.24. The summed E-state index contributed by atoms with van der Waals surface area (Å²) in [5.74, 6) is -0.291. The van der Waals surface area contributed by atoms with Crippen LogP contribution in [0.2, 0.25) is 0 Å². The molecule has 1 atom stereocenters. The van der Waals surface area contributed by atoms with Gasteiger partial charge in [0, 0.05) is 29.6 Å². The first-order chi connectivity index (χ1) is 14.2. The van der Waals surface area contributed by atoms with E-state index in [4.69, 9.17) is 5.73 Å². The number of nitrogen functional groups attached to an aromatic ring is 1. The molecule has 10 heteroatoms. The molecule has 0 aliphatic carbocycles. The first-order valence-corrected chi connectivity index (χ1v) is 9.08. The molecule has 1 aliphatic rings. The van der Waals surface area contributed by atoms with Crippen LogP contribution in [0.4, 0.5) is 29.1 Å². The Labute approximate surface area is 168 Å². The molecule has 0 bridgehead atoms. The van der Waals surface area contributed by atoms with Crippen molar-refractivity contribution in [1.82, 2.24) is 14.8 Å². The van der Waals surface area contributed by atoms with Gasteiger partial charge in [0.05, 0.1) is 17.8 Å². The Kier molecular flexibility index (Phi) is 4.71. The highest BCUT2D eigenvalue weighted by Crippen LogP contribution is 2.36. The molecule has 0 spiro atoms. The largest absolute Gasteiger partial charge is 0.416 e. The number of alkyl halides is 4. The maximum atomic E-state index is 13.5. The smallest absolute Gasteiger partial charge is 0.384 e. The molecule has 0 radical (unpaired) electrons. The van der Waals surface area contributed by atoms with Gasteiger partial charge in [-0.15, -0.1) is 0 Å². The highest BCUT2D eigenvalue weighted by atomic mass is 19.4. The average Bonchev–Trinajstić information content (AvgIpc) is 3.16. The molecule has 3 aromatic rings. The van der Waals surface area contributed by atoms with Gasteiger partial charge in [0.1, 0.15) is 18.2 Å². The van der Waals surface area contributed by atoms with Crippen molar-refractivity contribution in [2.45, 2.75) is 25.8 Å². The van der Waals surface area contributed by atoms with Crippen molar-refractivity contribution in [3.8, 4) is 11.1 Å². The minimum Gasteiger partial charge on any atom is -0.384 e. The van der Waals surface area contributed by atoms with Crippen LogP contribution in [0.15, 0.2) is 42.7 Å². The number of nitrogens with zero attached hydrogens (tertiary/aromatic N) is 4. The number of amides is 1. The molecule has 156 valence electrons. The topological polar surface area (TPSA) is 77.0 Å². The third-order valence-corrected chi connectivity index (χ3v) is 5.06. The van der Waals surface area contributed by atoms with Gasteiger partial charge in [0.25, 0.3) is 5.91 Å². The van der Waals surface area contributed by atoms with E-state index in [2.05, 4.69) is 10.1 Å². The molecule has 30 heavy (non-hydrogen) atoms. The van der Waals surface area contributed by atoms with Crippen LogP contribution < -0.4 is 10.6 Å². The van der Waals surface area contributed by atoms with Crippen LogP contribution in [0, 0.1) is 0 Å². The average molecular weight is 419 g/mol. The number of hydrogen-bond donors (Lipinski definition) is 1. The van der Waals surface area contributed by atoms with Gasteiger partial charge < -0.3 is 10.6 Å². The predicted molar refractivity (Wildman–Crippen MR) is 103 cm³/mol.